The molecule has 1 N–H and O–H groups in total. The summed E-state index contributed by atoms with van der Waals surface area (Å²) in [5.41, 5.74) is 2.99. The van der Waals surface area contributed by atoms with Crippen LogP contribution in [-0.2, 0) is 0 Å². The topological polar surface area (TPSA) is 54.9 Å². The number of amides is 1. The average Bonchev–Trinajstić information content (AvgIpc) is 2.34. The Morgan fingerprint density at radius 2 is 1.89 bits per heavy atom. The molecule has 18 heavy (non-hydrogen) atoms. The summed E-state index contributed by atoms with van der Waals surface area (Å²) in [6.07, 6.45) is 4.29. The van der Waals surface area contributed by atoms with E-state index in [0.717, 1.165) is 11.1 Å². The van der Waals surface area contributed by atoms with Crippen molar-refractivity contribution in [2.75, 3.05) is 5.32 Å². The number of aromatic nitrogens is 2. The van der Waals surface area contributed by atoms with Gasteiger partial charge in [0.15, 0.2) is 0 Å². The maximum Gasteiger partial charge on any atom is 0.258 e. The molecule has 0 aliphatic heterocycles. The second-order valence-corrected chi connectivity index (χ2v) is 4.43. The molecule has 1 amide bonds. The minimum Gasteiger partial charge on any atom is -0.320 e. The van der Waals surface area contributed by atoms with Crippen LogP contribution in [0.5, 0.6) is 0 Å². The third kappa shape index (κ3) is 2.65. The number of hydrogen-bond acceptors (Lipinski definition) is 3. The van der Waals surface area contributed by atoms with Gasteiger partial charge in [0, 0.05) is 12.4 Å². The lowest BCUT2D eigenvalue weighted by Crippen LogP contribution is -2.13. The lowest BCUT2D eigenvalue weighted by Gasteiger charge is -2.11. The highest BCUT2D eigenvalue weighted by molar-refractivity contribution is 6.34. The van der Waals surface area contributed by atoms with Crippen LogP contribution in [0, 0.1) is 13.8 Å². The van der Waals surface area contributed by atoms with Crippen LogP contribution in [0.2, 0.25) is 5.02 Å². The molecule has 0 spiro atoms. The second kappa shape index (κ2) is 5.14. The first-order chi connectivity index (χ1) is 8.58. The molecule has 1 aromatic heterocycles. The molecule has 2 rings (SSSR count). The van der Waals surface area contributed by atoms with Crippen molar-refractivity contribution in [2.45, 2.75) is 13.8 Å². The molecule has 92 valence electrons. The Morgan fingerprint density at radius 1 is 1.22 bits per heavy atom. The third-order valence-electron chi connectivity index (χ3n) is 2.49. The van der Waals surface area contributed by atoms with Gasteiger partial charge in [0.25, 0.3) is 5.91 Å². The standard InChI is InChI=1S/C13H12ClN3O/c1-8-3-9(2)12(11(14)4-8)17-13(18)10-5-15-7-16-6-10/h3-7H,1-2H3,(H,17,18). The van der Waals surface area contributed by atoms with E-state index in [4.69, 9.17) is 11.6 Å². The van der Waals surface area contributed by atoms with Gasteiger partial charge in [-0.3, -0.25) is 4.79 Å². The van der Waals surface area contributed by atoms with Crippen molar-refractivity contribution in [3.8, 4) is 0 Å². The Morgan fingerprint density at radius 3 is 2.50 bits per heavy atom. The number of nitrogens with one attached hydrogen (secondary N) is 1. The number of halogens is 1. The number of carbonyl (C=O) groups excluding carboxylic acids is 1. The second-order valence-electron chi connectivity index (χ2n) is 4.02. The Hall–Kier alpha value is -1.94. The molecule has 2 aromatic rings. The molecular weight excluding hydrogens is 250 g/mol. The number of rotatable bonds is 2. The van der Waals surface area contributed by atoms with Crippen LogP contribution in [0.1, 0.15) is 21.5 Å². The SMILES string of the molecule is Cc1cc(C)c(NC(=O)c2cncnc2)c(Cl)c1. The Labute approximate surface area is 110 Å². The fourth-order valence-corrected chi connectivity index (χ4v) is 2.04. The summed E-state index contributed by atoms with van der Waals surface area (Å²) in [6.45, 7) is 3.85. The number of benzene rings is 1. The number of aryl methyl sites for hydroxylation is 2. The van der Waals surface area contributed by atoms with Crippen LogP contribution in [-0.4, -0.2) is 15.9 Å². The van der Waals surface area contributed by atoms with E-state index >= 15 is 0 Å². The zero-order chi connectivity index (χ0) is 13.1. The number of hydrogen-bond donors (Lipinski definition) is 1. The van der Waals surface area contributed by atoms with E-state index in [-0.39, 0.29) is 5.91 Å². The number of nitrogens with zero attached hydrogens (tertiary/aromatic N) is 2. The molecule has 5 heteroatoms. The molecule has 0 saturated heterocycles. The van der Waals surface area contributed by atoms with Crippen LogP contribution < -0.4 is 5.32 Å². The van der Waals surface area contributed by atoms with Gasteiger partial charge >= 0.3 is 0 Å². The number of carbonyl (C=O) groups is 1. The molecule has 1 aromatic carbocycles. The summed E-state index contributed by atoms with van der Waals surface area (Å²) in [4.78, 5) is 19.6. The highest BCUT2D eigenvalue weighted by atomic mass is 35.5. The quantitative estimate of drug-likeness (QED) is 0.904. The molecule has 0 fully saturated rings. The maximum absolute atomic E-state index is 12.0. The maximum atomic E-state index is 12.0. The van der Waals surface area contributed by atoms with Crippen LogP contribution in [0.15, 0.2) is 30.9 Å². The predicted octanol–water partition coefficient (Wildman–Crippen LogP) is 3.00. The molecular formula is C13H12ClN3O. The molecule has 4 nitrogen and oxygen atoms in total. The van der Waals surface area contributed by atoms with Crippen molar-refractivity contribution in [3.05, 3.63) is 52.6 Å². The predicted molar refractivity (Wildman–Crippen MR) is 70.9 cm³/mol. The molecule has 0 saturated carbocycles. The minimum atomic E-state index is -0.274. The summed E-state index contributed by atoms with van der Waals surface area (Å²) in [5.74, 6) is -0.274. The monoisotopic (exact) mass is 261 g/mol. The highest BCUT2D eigenvalue weighted by Crippen LogP contribution is 2.27. The summed E-state index contributed by atoms with van der Waals surface area (Å²) >= 11 is 6.12. The van der Waals surface area contributed by atoms with E-state index in [1.807, 2.05) is 26.0 Å². The molecule has 1 heterocycles. The van der Waals surface area contributed by atoms with E-state index < -0.39 is 0 Å². The van der Waals surface area contributed by atoms with Crippen molar-refractivity contribution in [1.29, 1.82) is 0 Å². The van der Waals surface area contributed by atoms with E-state index in [2.05, 4.69) is 15.3 Å². The molecule has 0 radical (unpaired) electrons. The molecule has 0 atom stereocenters. The van der Waals surface area contributed by atoms with Gasteiger partial charge in [0.1, 0.15) is 6.33 Å². The van der Waals surface area contributed by atoms with Crippen LogP contribution >= 0.6 is 11.6 Å². The van der Waals surface area contributed by atoms with Gasteiger partial charge in [-0.15, -0.1) is 0 Å². The normalized spacial score (nSPS) is 10.2. The zero-order valence-corrected chi connectivity index (χ0v) is 10.8. The van der Waals surface area contributed by atoms with Gasteiger partial charge in [-0.1, -0.05) is 17.7 Å². The van der Waals surface area contributed by atoms with Gasteiger partial charge in [-0.25, -0.2) is 9.97 Å². The lowest BCUT2D eigenvalue weighted by atomic mass is 10.1. The summed E-state index contributed by atoms with van der Waals surface area (Å²) < 4.78 is 0. The van der Waals surface area contributed by atoms with Gasteiger partial charge < -0.3 is 5.32 Å². The molecule has 0 unspecified atom stereocenters. The van der Waals surface area contributed by atoms with Gasteiger partial charge in [0.2, 0.25) is 0 Å². The summed E-state index contributed by atoms with van der Waals surface area (Å²) in [7, 11) is 0. The molecule has 0 aliphatic carbocycles. The highest BCUT2D eigenvalue weighted by Gasteiger charge is 2.11. The minimum absolute atomic E-state index is 0.274. The van der Waals surface area contributed by atoms with E-state index in [1.54, 1.807) is 0 Å². The fraction of sp³-hybridized carbons (Fsp3) is 0.154. The van der Waals surface area contributed by atoms with Crippen LogP contribution in [0.4, 0.5) is 5.69 Å². The molecule has 0 bridgehead atoms. The van der Waals surface area contributed by atoms with Gasteiger partial charge in [-0.2, -0.15) is 0 Å². The molecule has 0 aliphatic rings. The van der Waals surface area contributed by atoms with Crippen molar-refractivity contribution < 1.29 is 4.79 Å². The van der Waals surface area contributed by atoms with E-state index in [1.165, 1.54) is 18.7 Å². The van der Waals surface area contributed by atoms with Crippen molar-refractivity contribution in [3.63, 3.8) is 0 Å². The van der Waals surface area contributed by atoms with E-state index in [9.17, 15) is 4.79 Å². The first-order valence-corrected chi connectivity index (χ1v) is 5.79. The Bertz CT molecular complexity index is 561. The largest absolute Gasteiger partial charge is 0.320 e. The van der Waals surface area contributed by atoms with E-state index in [0.29, 0.717) is 16.3 Å². The lowest BCUT2D eigenvalue weighted by molar-refractivity contribution is 0.102. The first-order valence-electron chi connectivity index (χ1n) is 5.41. The Kier molecular flexibility index (Phi) is 3.58. The fourth-order valence-electron chi connectivity index (χ4n) is 1.68. The van der Waals surface area contributed by atoms with Crippen molar-refractivity contribution >= 4 is 23.2 Å². The Balaban J connectivity index is 2.28. The van der Waals surface area contributed by atoms with Crippen LogP contribution in [0.25, 0.3) is 0 Å². The van der Waals surface area contributed by atoms with Crippen LogP contribution in [0.3, 0.4) is 0 Å². The van der Waals surface area contributed by atoms with Crippen molar-refractivity contribution in [1.82, 2.24) is 9.97 Å². The average molecular weight is 262 g/mol. The smallest absolute Gasteiger partial charge is 0.258 e. The first kappa shape index (κ1) is 12.5. The third-order valence-corrected chi connectivity index (χ3v) is 2.79. The zero-order valence-electron chi connectivity index (χ0n) is 10.1. The number of anilines is 1. The van der Waals surface area contributed by atoms with Gasteiger partial charge in [-0.05, 0) is 31.0 Å². The van der Waals surface area contributed by atoms with Gasteiger partial charge in [0.05, 0.1) is 16.3 Å². The van der Waals surface area contributed by atoms with Crippen molar-refractivity contribution in [2.24, 2.45) is 0 Å². The summed E-state index contributed by atoms with van der Waals surface area (Å²) in [5, 5.41) is 3.30. The summed E-state index contributed by atoms with van der Waals surface area (Å²) in [6, 6.07) is 3.77.